The van der Waals surface area contributed by atoms with Gasteiger partial charge in [-0.1, -0.05) is 44.2 Å². The van der Waals surface area contributed by atoms with Gasteiger partial charge in [0.1, 0.15) is 11.6 Å². The van der Waals surface area contributed by atoms with E-state index >= 15 is 0 Å². The molecule has 1 aromatic carbocycles. The van der Waals surface area contributed by atoms with Crippen molar-refractivity contribution in [1.82, 2.24) is 26.2 Å². The number of nitrogens with one attached hydrogen (secondary N) is 2. The van der Waals surface area contributed by atoms with E-state index in [1.54, 1.807) is 25.3 Å². The lowest BCUT2D eigenvalue weighted by molar-refractivity contribution is -0.119. The molecule has 6 N–H and O–H groups in total. The van der Waals surface area contributed by atoms with Crippen molar-refractivity contribution in [1.29, 1.82) is 0 Å². The summed E-state index contributed by atoms with van der Waals surface area (Å²) in [6, 6.07) is 13.8. The number of hydrogen-bond donors (Lipinski definition) is 4. The highest BCUT2D eigenvalue weighted by Gasteiger charge is 2.25. The number of pyridine rings is 1. The number of nitrogens with zero attached hydrogens (tertiary/aromatic N) is 3. The third-order valence-corrected chi connectivity index (χ3v) is 7.30. The number of rotatable bonds is 9. The SMILES string of the molecule is CC(=O)C(c1cccc(-c2ccc(NC(=O)/C=C/CN3CCC(O)C3)nc2)c1)C(C)C.Cc1cc(C2CC2)n[nH]1.N.[HH].[HH]. The van der Waals surface area contributed by atoms with E-state index in [4.69, 9.17) is 0 Å². The molecule has 5 rings (SSSR count). The number of anilines is 1. The highest BCUT2D eigenvalue weighted by Crippen LogP contribution is 2.38. The second-order valence-electron chi connectivity index (χ2n) is 11.2. The summed E-state index contributed by atoms with van der Waals surface area (Å²) in [7, 11) is 0. The number of likely N-dealkylation sites (tertiary alicyclic amines) is 1. The van der Waals surface area contributed by atoms with Crippen LogP contribution in [0.4, 0.5) is 5.82 Å². The average molecular weight is 565 g/mol. The molecule has 9 heteroatoms. The van der Waals surface area contributed by atoms with Crippen LogP contribution >= 0.6 is 0 Å². The first-order valence-electron chi connectivity index (χ1n) is 14.2. The first-order chi connectivity index (χ1) is 19.2. The number of aromatic amines is 1. The molecule has 1 saturated carbocycles. The number of aryl methyl sites for hydroxylation is 1. The van der Waals surface area contributed by atoms with Gasteiger partial charge in [-0.05, 0) is 68.4 Å². The zero-order valence-corrected chi connectivity index (χ0v) is 24.6. The van der Waals surface area contributed by atoms with Crippen LogP contribution in [-0.4, -0.2) is 62.6 Å². The Labute approximate surface area is 246 Å². The van der Waals surface area contributed by atoms with Crippen LogP contribution in [0.1, 0.15) is 71.7 Å². The molecule has 1 aliphatic carbocycles. The summed E-state index contributed by atoms with van der Waals surface area (Å²) >= 11 is 0. The standard InChI is InChI=1S/C25H31N3O3.C7H10N2.H3N.2H2/c1-17(2)25(18(3)29)20-7-4-6-19(14-20)21-9-10-23(26-15-21)27-24(31)8-5-12-28-13-11-22(30)16-28;1-5-4-7(9-8-5)6-2-3-6;;;/h4-10,14-15,17,22,25,30H,11-13,16H2,1-3H3,(H,26,27,31);4,6H,2-3H2,1H3,(H,8,9);1H3;2*1H/b8-5+;;;;. The highest BCUT2D eigenvalue weighted by atomic mass is 16.3. The summed E-state index contributed by atoms with van der Waals surface area (Å²) in [5, 5.41) is 19.4. The van der Waals surface area contributed by atoms with Crippen molar-refractivity contribution in [3.05, 3.63) is 77.8 Å². The van der Waals surface area contributed by atoms with Gasteiger partial charge in [0.2, 0.25) is 5.91 Å². The van der Waals surface area contributed by atoms with Crippen LogP contribution in [0.25, 0.3) is 11.1 Å². The van der Waals surface area contributed by atoms with E-state index < -0.39 is 0 Å². The molecular weight excluding hydrogens is 516 g/mol. The Kier molecular flexibility index (Phi) is 11.5. The zero-order valence-electron chi connectivity index (χ0n) is 24.6. The number of ketones is 1. The monoisotopic (exact) mass is 564 g/mol. The van der Waals surface area contributed by atoms with Crippen molar-refractivity contribution in [2.24, 2.45) is 5.92 Å². The highest BCUT2D eigenvalue weighted by molar-refractivity contribution is 5.98. The number of carbonyl (C=O) groups is 2. The molecule has 2 unspecified atom stereocenters. The van der Waals surface area contributed by atoms with Crippen molar-refractivity contribution in [2.45, 2.75) is 64.9 Å². The summed E-state index contributed by atoms with van der Waals surface area (Å²) < 4.78 is 0. The zero-order chi connectivity index (χ0) is 28.6. The molecule has 2 aromatic heterocycles. The van der Waals surface area contributed by atoms with Crippen molar-refractivity contribution in [3.8, 4) is 11.1 Å². The number of benzene rings is 1. The minimum Gasteiger partial charge on any atom is -0.392 e. The molecule has 9 nitrogen and oxygen atoms in total. The van der Waals surface area contributed by atoms with Crippen molar-refractivity contribution in [3.63, 3.8) is 0 Å². The van der Waals surface area contributed by atoms with Gasteiger partial charge >= 0.3 is 0 Å². The van der Waals surface area contributed by atoms with Gasteiger partial charge in [0, 0.05) is 57.9 Å². The summed E-state index contributed by atoms with van der Waals surface area (Å²) in [5.41, 5.74) is 5.36. The second-order valence-corrected chi connectivity index (χ2v) is 11.2. The number of aromatic nitrogens is 3. The van der Waals surface area contributed by atoms with Gasteiger partial charge in [-0.3, -0.25) is 19.6 Å². The third kappa shape index (κ3) is 9.45. The number of H-pyrrole nitrogens is 1. The van der Waals surface area contributed by atoms with Crippen molar-refractivity contribution < 1.29 is 17.5 Å². The first kappa shape index (κ1) is 31.9. The van der Waals surface area contributed by atoms with Crippen molar-refractivity contribution >= 4 is 17.5 Å². The quantitative estimate of drug-likeness (QED) is 0.237. The Balaban J connectivity index is 0.000000654. The van der Waals surface area contributed by atoms with Crippen LogP contribution < -0.4 is 11.5 Å². The minimum atomic E-state index is -0.260. The number of hydrogen-bond acceptors (Lipinski definition) is 7. The topological polar surface area (TPSA) is 146 Å². The molecule has 0 radical (unpaired) electrons. The predicted octanol–water partition coefficient (Wildman–Crippen LogP) is 5.89. The normalized spacial score (nSPS) is 17.6. The molecule has 224 valence electrons. The van der Waals surface area contributed by atoms with Gasteiger partial charge in [0.15, 0.2) is 0 Å². The molecule has 1 aliphatic heterocycles. The Morgan fingerprint density at radius 2 is 1.95 bits per heavy atom. The molecule has 0 bridgehead atoms. The number of Topliss-reactive ketones (excluding diaryl/α,β-unsaturated/α-hetero) is 1. The van der Waals surface area contributed by atoms with Gasteiger partial charge in [0.05, 0.1) is 11.8 Å². The fraction of sp³-hybridized carbons (Fsp3) is 0.438. The molecular formula is C32H48N6O3. The van der Waals surface area contributed by atoms with E-state index in [-0.39, 0.29) is 38.6 Å². The summed E-state index contributed by atoms with van der Waals surface area (Å²) in [4.78, 5) is 30.6. The molecule has 2 aliphatic rings. The van der Waals surface area contributed by atoms with E-state index in [0.717, 1.165) is 35.6 Å². The molecule has 1 saturated heterocycles. The maximum Gasteiger partial charge on any atom is 0.249 e. The Bertz CT molecular complexity index is 1320. The van der Waals surface area contributed by atoms with Crippen LogP contribution in [0.5, 0.6) is 0 Å². The van der Waals surface area contributed by atoms with Gasteiger partial charge in [0.25, 0.3) is 0 Å². The Morgan fingerprint density at radius 3 is 2.51 bits per heavy atom. The maximum atomic E-state index is 12.1. The number of aliphatic hydroxyl groups is 1. The molecule has 2 atom stereocenters. The molecule has 3 aromatic rings. The third-order valence-electron chi connectivity index (χ3n) is 7.30. The van der Waals surface area contributed by atoms with Crippen molar-refractivity contribution in [2.75, 3.05) is 25.0 Å². The first-order valence-corrected chi connectivity index (χ1v) is 14.2. The fourth-order valence-electron chi connectivity index (χ4n) is 5.12. The van der Waals surface area contributed by atoms with Crippen LogP contribution in [-0.2, 0) is 9.59 Å². The number of amides is 1. The van der Waals surface area contributed by atoms with Gasteiger partial charge in [-0.2, -0.15) is 5.10 Å². The minimum absolute atomic E-state index is 0. The fourth-order valence-corrected chi connectivity index (χ4v) is 5.12. The summed E-state index contributed by atoms with van der Waals surface area (Å²) in [5.74, 6) is 1.31. The largest absolute Gasteiger partial charge is 0.392 e. The van der Waals surface area contributed by atoms with Gasteiger partial charge < -0.3 is 16.6 Å². The summed E-state index contributed by atoms with van der Waals surface area (Å²) in [6.45, 7) is 9.94. The summed E-state index contributed by atoms with van der Waals surface area (Å²) in [6.07, 6.45) is 8.22. The molecule has 3 heterocycles. The van der Waals surface area contributed by atoms with Gasteiger partial charge in [-0.15, -0.1) is 0 Å². The molecule has 2 fully saturated rings. The van der Waals surface area contributed by atoms with E-state index in [2.05, 4.69) is 45.3 Å². The lowest BCUT2D eigenvalue weighted by Gasteiger charge is -2.19. The lowest BCUT2D eigenvalue weighted by atomic mass is 9.84. The van der Waals surface area contributed by atoms with Crippen LogP contribution in [0.2, 0.25) is 0 Å². The van der Waals surface area contributed by atoms with Crippen LogP contribution in [0, 0.1) is 12.8 Å². The maximum absolute atomic E-state index is 12.1. The van der Waals surface area contributed by atoms with Crippen LogP contribution in [0.15, 0.2) is 60.8 Å². The number of β-amino-alcohol motifs (C(OH)–C–C–N with tert-alkyl or cyclic N) is 1. The van der Waals surface area contributed by atoms with E-state index in [1.807, 2.05) is 37.3 Å². The molecule has 0 spiro atoms. The predicted molar refractivity (Wildman–Crippen MR) is 167 cm³/mol. The molecule has 41 heavy (non-hydrogen) atoms. The number of carbonyl (C=O) groups excluding carboxylic acids is 2. The Morgan fingerprint density at radius 1 is 1.17 bits per heavy atom. The molecule has 1 amide bonds. The van der Waals surface area contributed by atoms with Gasteiger partial charge in [-0.25, -0.2) is 4.98 Å². The van der Waals surface area contributed by atoms with Crippen LogP contribution in [0.3, 0.4) is 0 Å². The Hall–Kier alpha value is -3.66. The van der Waals surface area contributed by atoms with E-state index in [9.17, 15) is 14.7 Å². The number of aliphatic hydroxyl groups excluding tert-OH is 1. The van der Waals surface area contributed by atoms with E-state index in [0.29, 0.717) is 18.9 Å². The van der Waals surface area contributed by atoms with E-state index in [1.165, 1.54) is 30.3 Å². The average Bonchev–Trinajstić information content (AvgIpc) is 3.54. The lowest BCUT2D eigenvalue weighted by Crippen LogP contribution is -2.22. The smallest absolute Gasteiger partial charge is 0.249 e. The second kappa shape index (κ2) is 14.8.